The average molecular weight is 458 g/mol. The molecule has 0 amide bonds. The number of hydrogen-bond donors (Lipinski definition) is 1. The number of halogens is 3. The summed E-state index contributed by atoms with van der Waals surface area (Å²) in [5.74, 6) is 0.853. The van der Waals surface area contributed by atoms with E-state index in [-0.39, 0.29) is 13.0 Å². The molecule has 0 spiro atoms. The molecule has 0 fully saturated rings. The highest BCUT2D eigenvalue weighted by molar-refractivity contribution is 5.70. The fourth-order valence-corrected chi connectivity index (χ4v) is 2.95. The van der Waals surface area contributed by atoms with E-state index in [1.807, 2.05) is 0 Å². The van der Waals surface area contributed by atoms with E-state index >= 15 is 0 Å². The maximum atomic E-state index is 12.6. The van der Waals surface area contributed by atoms with Gasteiger partial charge in [-0.15, -0.1) is 0 Å². The zero-order valence-corrected chi connectivity index (χ0v) is 17.6. The van der Waals surface area contributed by atoms with Crippen LogP contribution in [0.15, 0.2) is 72.8 Å². The van der Waals surface area contributed by atoms with Gasteiger partial charge in [0.25, 0.3) is 0 Å². The van der Waals surface area contributed by atoms with Gasteiger partial charge in [-0.1, -0.05) is 30.3 Å². The van der Waals surface area contributed by atoms with Gasteiger partial charge in [0.2, 0.25) is 0 Å². The van der Waals surface area contributed by atoms with Crippen LogP contribution >= 0.6 is 0 Å². The molecule has 0 heterocycles. The smallest absolute Gasteiger partial charge is 0.416 e. The van der Waals surface area contributed by atoms with Gasteiger partial charge in [0.15, 0.2) is 11.5 Å². The molecule has 3 aromatic rings. The molecule has 8 heteroatoms. The van der Waals surface area contributed by atoms with E-state index in [1.54, 1.807) is 54.6 Å². The summed E-state index contributed by atoms with van der Waals surface area (Å²) in [4.78, 5) is 11.0. The van der Waals surface area contributed by atoms with Crippen molar-refractivity contribution >= 4 is 12.0 Å². The number of hydrogen-bond acceptors (Lipinski definition) is 4. The first-order chi connectivity index (χ1) is 15.7. The molecule has 0 radical (unpaired) electrons. The molecule has 0 unspecified atom stereocenters. The van der Waals surface area contributed by atoms with Crippen LogP contribution in [0.25, 0.3) is 6.08 Å². The highest BCUT2D eigenvalue weighted by Crippen LogP contribution is 2.34. The first kappa shape index (κ1) is 23.7. The lowest BCUT2D eigenvalue weighted by molar-refractivity contribution is -0.138. The molecule has 0 atom stereocenters. The van der Waals surface area contributed by atoms with Crippen LogP contribution in [0.4, 0.5) is 13.2 Å². The van der Waals surface area contributed by atoms with E-state index in [1.165, 1.54) is 19.2 Å². The first-order valence-electron chi connectivity index (χ1n) is 9.88. The minimum Gasteiger partial charge on any atom is -0.493 e. The summed E-state index contributed by atoms with van der Waals surface area (Å²) in [6, 6.07) is 16.6. The van der Waals surface area contributed by atoms with Gasteiger partial charge in [0.05, 0.1) is 19.1 Å². The normalized spacial score (nSPS) is 11.4. The molecule has 0 saturated carbocycles. The monoisotopic (exact) mass is 458 g/mol. The molecule has 172 valence electrons. The number of ether oxygens (including phenoxy) is 3. The van der Waals surface area contributed by atoms with Crippen LogP contribution in [0, 0.1) is 0 Å². The number of carboxylic acids is 1. The number of rotatable bonds is 9. The lowest BCUT2D eigenvalue weighted by Gasteiger charge is -2.12. The van der Waals surface area contributed by atoms with Crippen LogP contribution in [-0.4, -0.2) is 24.8 Å². The summed E-state index contributed by atoms with van der Waals surface area (Å²) >= 11 is 0. The Balaban J connectivity index is 1.62. The van der Waals surface area contributed by atoms with Gasteiger partial charge < -0.3 is 19.3 Å². The molecule has 0 saturated heterocycles. The summed E-state index contributed by atoms with van der Waals surface area (Å²) in [5, 5.41) is 8.99. The van der Waals surface area contributed by atoms with Crippen molar-refractivity contribution in [3.8, 4) is 23.0 Å². The second kappa shape index (κ2) is 10.6. The molecular weight excluding hydrogens is 437 g/mol. The van der Waals surface area contributed by atoms with Gasteiger partial charge in [-0.3, -0.25) is 4.79 Å². The molecule has 0 aromatic heterocycles. The molecule has 3 aromatic carbocycles. The second-order valence-electron chi connectivity index (χ2n) is 6.97. The fourth-order valence-electron chi connectivity index (χ4n) is 2.95. The Morgan fingerprint density at radius 1 is 0.970 bits per heavy atom. The number of methoxy groups -OCH3 is 1. The zero-order valence-electron chi connectivity index (χ0n) is 17.6. The van der Waals surface area contributed by atoms with Crippen molar-refractivity contribution in [1.29, 1.82) is 0 Å². The number of carboxylic acid groups (broad SMARTS) is 1. The predicted octanol–water partition coefficient (Wildman–Crippen LogP) is 6.23. The molecule has 0 aliphatic carbocycles. The van der Waals surface area contributed by atoms with Gasteiger partial charge in [0, 0.05) is 6.07 Å². The molecule has 5 nitrogen and oxygen atoms in total. The van der Waals surface area contributed by atoms with Crippen molar-refractivity contribution in [2.75, 3.05) is 13.7 Å². The van der Waals surface area contributed by atoms with E-state index in [0.717, 1.165) is 12.1 Å². The number of benzene rings is 3. The van der Waals surface area contributed by atoms with Gasteiger partial charge in [0.1, 0.15) is 18.1 Å². The zero-order chi connectivity index (χ0) is 23.8. The third kappa shape index (κ3) is 7.03. The Morgan fingerprint density at radius 2 is 1.70 bits per heavy atom. The van der Waals surface area contributed by atoms with E-state index in [2.05, 4.69) is 0 Å². The molecular formula is C25H21F3O5. The van der Waals surface area contributed by atoms with Crippen molar-refractivity contribution in [2.24, 2.45) is 0 Å². The lowest BCUT2D eigenvalue weighted by Crippen LogP contribution is -2.03. The van der Waals surface area contributed by atoms with Crippen molar-refractivity contribution < 1.29 is 37.3 Å². The van der Waals surface area contributed by atoms with Crippen LogP contribution in [0.1, 0.15) is 16.7 Å². The number of aliphatic carboxylic acids is 1. The van der Waals surface area contributed by atoms with Crippen molar-refractivity contribution in [2.45, 2.75) is 12.6 Å². The largest absolute Gasteiger partial charge is 0.493 e. The number of alkyl halides is 3. The fraction of sp³-hybridized carbons (Fsp3) is 0.160. The Kier molecular flexibility index (Phi) is 7.61. The average Bonchev–Trinajstić information content (AvgIpc) is 2.77. The lowest BCUT2D eigenvalue weighted by atomic mass is 10.1. The summed E-state index contributed by atoms with van der Waals surface area (Å²) in [7, 11) is 1.49. The van der Waals surface area contributed by atoms with Crippen LogP contribution in [0.2, 0.25) is 0 Å². The Morgan fingerprint density at radius 3 is 2.36 bits per heavy atom. The van der Waals surface area contributed by atoms with Crippen molar-refractivity contribution in [3.05, 3.63) is 89.5 Å². The van der Waals surface area contributed by atoms with Gasteiger partial charge in [-0.25, -0.2) is 0 Å². The SMILES string of the molecule is COc1ccc(CC(=O)O)cc1Oc1cccc(OCC=Cc2ccc(C(F)(F)F)cc2)c1. The quantitative estimate of drug-likeness (QED) is 0.412. The standard InChI is InChI=1S/C25H21F3O5/c1-31-22-12-9-18(15-24(29)30)14-23(22)33-21-6-2-5-20(16-21)32-13-3-4-17-7-10-19(11-8-17)25(26,27)28/h2-12,14,16H,13,15H2,1H3,(H,29,30). The molecule has 0 aliphatic heterocycles. The van der Waals surface area contributed by atoms with Crippen LogP contribution in [0.3, 0.4) is 0 Å². The Labute approximate surface area is 188 Å². The molecule has 1 N–H and O–H groups in total. The van der Waals surface area contributed by atoms with Crippen LogP contribution < -0.4 is 14.2 Å². The summed E-state index contributed by atoms with van der Waals surface area (Å²) in [6.07, 6.45) is -1.15. The minimum absolute atomic E-state index is 0.144. The maximum absolute atomic E-state index is 12.6. The van der Waals surface area contributed by atoms with Gasteiger partial charge in [-0.2, -0.15) is 13.2 Å². The van der Waals surface area contributed by atoms with Gasteiger partial charge >= 0.3 is 12.1 Å². The van der Waals surface area contributed by atoms with E-state index < -0.39 is 17.7 Å². The highest BCUT2D eigenvalue weighted by atomic mass is 19.4. The van der Waals surface area contributed by atoms with Crippen molar-refractivity contribution in [3.63, 3.8) is 0 Å². The van der Waals surface area contributed by atoms with Crippen LogP contribution in [-0.2, 0) is 17.4 Å². The maximum Gasteiger partial charge on any atom is 0.416 e. The molecule has 33 heavy (non-hydrogen) atoms. The van der Waals surface area contributed by atoms with E-state index in [0.29, 0.717) is 34.1 Å². The summed E-state index contributed by atoms with van der Waals surface area (Å²) < 4.78 is 54.7. The summed E-state index contributed by atoms with van der Waals surface area (Å²) in [6.45, 7) is 0.196. The topological polar surface area (TPSA) is 65.0 Å². The Hall–Kier alpha value is -3.94. The predicted molar refractivity (Wildman–Crippen MR) is 117 cm³/mol. The van der Waals surface area contributed by atoms with Gasteiger partial charge in [-0.05, 0) is 53.6 Å². The summed E-state index contributed by atoms with van der Waals surface area (Å²) in [5.41, 5.74) is 0.494. The third-order valence-electron chi connectivity index (χ3n) is 4.51. The molecule has 0 bridgehead atoms. The molecule has 3 rings (SSSR count). The number of carbonyl (C=O) groups is 1. The van der Waals surface area contributed by atoms with E-state index in [4.69, 9.17) is 19.3 Å². The van der Waals surface area contributed by atoms with E-state index in [9.17, 15) is 18.0 Å². The van der Waals surface area contributed by atoms with Crippen LogP contribution in [0.5, 0.6) is 23.0 Å². The molecule has 0 aliphatic rings. The second-order valence-corrected chi connectivity index (χ2v) is 6.97. The van der Waals surface area contributed by atoms with Crippen molar-refractivity contribution in [1.82, 2.24) is 0 Å². The Bertz CT molecular complexity index is 1120. The minimum atomic E-state index is -4.36. The third-order valence-corrected chi connectivity index (χ3v) is 4.51. The highest BCUT2D eigenvalue weighted by Gasteiger charge is 2.29. The first-order valence-corrected chi connectivity index (χ1v) is 9.88.